The fourth-order valence-corrected chi connectivity index (χ4v) is 3.86. The Morgan fingerprint density at radius 2 is 2.00 bits per heavy atom. The summed E-state index contributed by atoms with van der Waals surface area (Å²) in [6.07, 6.45) is 0.773. The smallest absolute Gasteiger partial charge is 0.325 e. The van der Waals surface area contributed by atoms with Gasteiger partial charge in [-0.15, -0.1) is 11.3 Å². The first-order chi connectivity index (χ1) is 13.2. The number of thiophene rings is 1. The molecule has 8 heteroatoms. The average molecular weight is 420 g/mol. The molecule has 2 heterocycles. The highest BCUT2D eigenvalue weighted by Crippen LogP contribution is 2.33. The van der Waals surface area contributed by atoms with Crippen molar-refractivity contribution < 1.29 is 19.2 Å². The normalized spacial score (nSPS) is 11.7. The van der Waals surface area contributed by atoms with Crippen molar-refractivity contribution >= 4 is 45.7 Å². The van der Waals surface area contributed by atoms with Gasteiger partial charge in [0.15, 0.2) is 0 Å². The summed E-state index contributed by atoms with van der Waals surface area (Å²) >= 11 is 7.34. The van der Waals surface area contributed by atoms with Crippen LogP contribution in [-0.4, -0.2) is 55.1 Å². The lowest BCUT2D eigenvalue weighted by atomic mass is 10.1. The largest absolute Gasteiger partial charge is 0.859 e. The number of rotatable bonds is 6. The number of aromatic nitrogens is 1. The molecule has 1 aromatic carbocycles. The van der Waals surface area contributed by atoms with Crippen molar-refractivity contribution in [2.45, 2.75) is 6.42 Å². The lowest BCUT2D eigenvalue weighted by molar-refractivity contribution is -0.870. The molecule has 0 atom stereocenters. The van der Waals surface area contributed by atoms with Gasteiger partial charge in [0, 0.05) is 28.9 Å². The van der Waals surface area contributed by atoms with E-state index in [1.165, 1.54) is 11.3 Å². The van der Waals surface area contributed by atoms with Crippen molar-refractivity contribution in [1.82, 2.24) is 9.88 Å². The first kappa shape index (κ1) is 20.4. The quantitative estimate of drug-likeness (QED) is 0.378. The molecular formula is C20H22ClN3O3S. The van der Waals surface area contributed by atoms with Crippen molar-refractivity contribution in [2.75, 3.05) is 34.2 Å². The summed E-state index contributed by atoms with van der Waals surface area (Å²) < 4.78 is 1.81. The van der Waals surface area contributed by atoms with E-state index in [0.29, 0.717) is 27.3 Å². The molecule has 0 aliphatic carbocycles. The number of nitrogens with one attached hydrogen (secondary N) is 1. The van der Waals surface area contributed by atoms with Crippen LogP contribution in [0.3, 0.4) is 0 Å². The third-order valence-corrected chi connectivity index (χ3v) is 5.45. The number of quaternary nitrogens is 1. The summed E-state index contributed by atoms with van der Waals surface area (Å²) in [5.41, 5.74) is 0.347. The zero-order chi connectivity index (χ0) is 20.5. The second kappa shape index (κ2) is 7.95. The molecule has 0 saturated heterocycles. The second-order valence-corrected chi connectivity index (χ2v) is 8.97. The summed E-state index contributed by atoms with van der Waals surface area (Å²) in [5.74, 6) is -1.02. The van der Waals surface area contributed by atoms with Gasteiger partial charge in [0.2, 0.25) is 5.78 Å². The summed E-state index contributed by atoms with van der Waals surface area (Å²) in [6, 6.07) is 7.61. The number of amides is 1. The lowest BCUT2D eigenvalue weighted by Gasteiger charge is -2.23. The van der Waals surface area contributed by atoms with Crippen LogP contribution in [0, 0.1) is 0 Å². The van der Waals surface area contributed by atoms with Gasteiger partial charge in [-0.2, -0.15) is 0 Å². The zero-order valence-corrected chi connectivity index (χ0v) is 17.6. The van der Waals surface area contributed by atoms with Crippen LogP contribution in [0.2, 0.25) is 5.02 Å². The first-order valence-electron chi connectivity index (χ1n) is 8.87. The number of hydrogen-bond acceptors (Lipinski definition) is 4. The highest BCUT2D eigenvalue weighted by Gasteiger charge is 2.22. The van der Waals surface area contributed by atoms with Crippen LogP contribution < -0.4 is 10.4 Å². The zero-order valence-electron chi connectivity index (χ0n) is 16.0. The molecule has 1 N–H and O–H groups in total. The molecule has 3 rings (SSSR count). The van der Waals surface area contributed by atoms with E-state index in [-0.39, 0.29) is 5.56 Å². The molecular weight excluding hydrogens is 398 g/mol. The van der Waals surface area contributed by atoms with E-state index in [1.54, 1.807) is 35.7 Å². The monoisotopic (exact) mass is 419 g/mol. The number of halogens is 1. The van der Waals surface area contributed by atoms with Crippen molar-refractivity contribution in [3.05, 3.63) is 51.2 Å². The van der Waals surface area contributed by atoms with Crippen LogP contribution >= 0.6 is 22.9 Å². The Morgan fingerprint density at radius 1 is 1.25 bits per heavy atom. The minimum Gasteiger partial charge on any atom is -0.859 e. The third kappa shape index (κ3) is 4.22. The summed E-state index contributed by atoms with van der Waals surface area (Å²) in [6.45, 7) is 1.32. The fourth-order valence-electron chi connectivity index (χ4n) is 3.02. The molecule has 0 unspecified atom stereocenters. The van der Waals surface area contributed by atoms with E-state index in [4.69, 9.17) is 11.6 Å². The van der Waals surface area contributed by atoms with Crippen molar-refractivity contribution in [3.63, 3.8) is 0 Å². The van der Waals surface area contributed by atoms with Crippen molar-refractivity contribution in [3.8, 4) is 5.88 Å². The number of fused-ring (bicyclic) bond motifs is 1. The average Bonchev–Trinajstić information content (AvgIpc) is 3.23. The SMILES string of the molecule is C[N+](C)(C)CCCNC(=O)n1c([O-])c(C(=O)c2cccs2)c2cc(Cl)ccc21. The van der Waals surface area contributed by atoms with Crippen molar-refractivity contribution in [1.29, 1.82) is 0 Å². The van der Waals surface area contributed by atoms with Crippen LogP contribution in [0.5, 0.6) is 5.88 Å². The maximum atomic E-state index is 13.0. The topological polar surface area (TPSA) is 74.2 Å². The maximum absolute atomic E-state index is 13.0. The fraction of sp³-hybridized carbons (Fsp3) is 0.300. The summed E-state index contributed by atoms with van der Waals surface area (Å²) in [4.78, 5) is 26.0. The highest BCUT2D eigenvalue weighted by atomic mass is 35.5. The van der Waals surface area contributed by atoms with Gasteiger partial charge in [0.25, 0.3) is 0 Å². The first-order valence-corrected chi connectivity index (χ1v) is 10.1. The van der Waals surface area contributed by atoms with E-state index in [0.717, 1.165) is 22.0 Å². The number of nitrogens with zero attached hydrogens (tertiary/aromatic N) is 2. The van der Waals surface area contributed by atoms with Gasteiger partial charge in [-0.1, -0.05) is 17.7 Å². The molecule has 1 amide bonds. The molecule has 0 spiro atoms. The molecule has 6 nitrogen and oxygen atoms in total. The van der Waals surface area contributed by atoms with E-state index < -0.39 is 17.7 Å². The Kier molecular flexibility index (Phi) is 5.79. The van der Waals surface area contributed by atoms with E-state index in [1.807, 2.05) is 0 Å². The molecule has 148 valence electrons. The third-order valence-electron chi connectivity index (χ3n) is 4.34. The standard InChI is InChI=1S/C20H22ClN3O3S/c1-24(2,3)10-5-9-22-20(27)23-15-8-7-13(21)12-14(15)17(19(23)26)18(25)16-6-4-11-28-16/h4,6-8,11-12H,5,9-10H2,1-3H3,(H-,22,25,26,27). The van der Waals surface area contributed by atoms with E-state index in [2.05, 4.69) is 26.5 Å². The molecule has 28 heavy (non-hydrogen) atoms. The summed E-state index contributed by atoms with van der Waals surface area (Å²) in [5, 5.41) is 18.3. The van der Waals surface area contributed by atoms with E-state index >= 15 is 0 Å². The Labute approximate surface area is 172 Å². The maximum Gasteiger partial charge on any atom is 0.325 e. The minimum atomic E-state index is -0.625. The minimum absolute atomic E-state index is 0.0264. The summed E-state index contributed by atoms with van der Waals surface area (Å²) in [7, 11) is 6.22. The molecule has 2 aromatic heterocycles. The van der Waals surface area contributed by atoms with Crippen LogP contribution in [0.1, 0.15) is 21.7 Å². The van der Waals surface area contributed by atoms with Crippen LogP contribution in [-0.2, 0) is 0 Å². The van der Waals surface area contributed by atoms with E-state index in [9.17, 15) is 14.7 Å². The number of carbonyl (C=O) groups excluding carboxylic acids is 2. The Bertz CT molecular complexity index is 1020. The van der Waals surface area contributed by atoms with Crippen LogP contribution in [0.15, 0.2) is 35.7 Å². The molecule has 0 saturated carbocycles. The second-order valence-electron chi connectivity index (χ2n) is 7.58. The van der Waals surface area contributed by atoms with Gasteiger partial charge >= 0.3 is 6.03 Å². The Balaban J connectivity index is 1.96. The molecule has 0 fully saturated rings. The van der Waals surface area contributed by atoms with Crippen LogP contribution in [0.25, 0.3) is 10.9 Å². The van der Waals surface area contributed by atoms with Gasteiger partial charge in [0.05, 0.1) is 38.1 Å². The molecule has 0 aliphatic heterocycles. The van der Waals surface area contributed by atoms with Gasteiger partial charge in [-0.05, 0) is 35.5 Å². The van der Waals surface area contributed by atoms with Gasteiger partial charge in [0.1, 0.15) is 0 Å². The predicted octanol–water partition coefficient (Wildman–Crippen LogP) is 3.31. The lowest BCUT2D eigenvalue weighted by Crippen LogP contribution is -2.38. The number of carbonyl (C=O) groups is 2. The molecule has 0 bridgehead atoms. The molecule has 3 aromatic rings. The Hall–Kier alpha value is -2.35. The molecule has 0 aliphatic rings. The number of benzene rings is 1. The van der Waals surface area contributed by atoms with Gasteiger partial charge in [-0.25, -0.2) is 4.79 Å². The highest BCUT2D eigenvalue weighted by molar-refractivity contribution is 7.12. The van der Waals surface area contributed by atoms with Gasteiger partial charge < -0.3 is 14.9 Å². The number of ketones is 1. The van der Waals surface area contributed by atoms with Gasteiger partial charge in [-0.3, -0.25) is 9.36 Å². The predicted molar refractivity (Wildman–Crippen MR) is 110 cm³/mol. The van der Waals surface area contributed by atoms with Crippen LogP contribution in [0.4, 0.5) is 4.79 Å². The Morgan fingerprint density at radius 3 is 2.64 bits per heavy atom. The number of hydrogen-bond donors (Lipinski definition) is 1. The molecule has 0 radical (unpaired) electrons. The van der Waals surface area contributed by atoms with Crippen molar-refractivity contribution in [2.24, 2.45) is 0 Å².